The van der Waals surface area contributed by atoms with E-state index < -0.39 is 6.04 Å². The highest BCUT2D eigenvalue weighted by molar-refractivity contribution is 6.04. The largest absolute Gasteiger partial charge is 0.378 e. The average molecular weight is 356 g/mol. The molecule has 1 saturated heterocycles. The molecule has 0 bridgehead atoms. The van der Waals surface area contributed by atoms with Gasteiger partial charge < -0.3 is 10.2 Å². The minimum absolute atomic E-state index is 0.200. The molecule has 8 heteroatoms. The molecule has 2 aromatic rings. The number of rotatable bonds is 6. The van der Waals surface area contributed by atoms with Gasteiger partial charge >= 0.3 is 6.03 Å². The number of hydrogen-bond acceptors (Lipinski definition) is 5. The van der Waals surface area contributed by atoms with Crippen molar-refractivity contribution in [3.05, 3.63) is 41.7 Å². The zero-order valence-corrected chi connectivity index (χ0v) is 15.5. The smallest absolute Gasteiger partial charge is 0.325 e. The van der Waals surface area contributed by atoms with Crippen LogP contribution in [0.15, 0.2) is 30.5 Å². The highest BCUT2D eigenvalue weighted by Crippen LogP contribution is 2.18. The van der Waals surface area contributed by atoms with Crippen LogP contribution in [0.5, 0.6) is 0 Å². The van der Waals surface area contributed by atoms with Gasteiger partial charge in [0.05, 0.1) is 12.2 Å². The Balaban J connectivity index is 1.69. The van der Waals surface area contributed by atoms with Gasteiger partial charge in [0.1, 0.15) is 6.04 Å². The van der Waals surface area contributed by atoms with E-state index in [4.69, 9.17) is 0 Å². The van der Waals surface area contributed by atoms with Crippen LogP contribution in [0.2, 0.25) is 0 Å². The summed E-state index contributed by atoms with van der Waals surface area (Å²) >= 11 is 0. The van der Waals surface area contributed by atoms with Crippen molar-refractivity contribution in [2.75, 3.05) is 19.0 Å². The van der Waals surface area contributed by atoms with Crippen LogP contribution in [0.25, 0.3) is 0 Å². The molecule has 1 fully saturated rings. The van der Waals surface area contributed by atoms with E-state index in [-0.39, 0.29) is 24.5 Å². The first-order chi connectivity index (χ1) is 12.3. The number of amides is 3. The van der Waals surface area contributed by atoms with E-state index >= 15 is 0 Å². The van der Waals surface area contributed by atoms with E-state index in [1.807, 2.05) is 63.3 Å². The Morgan fingerprint density at radius 1 is 1.27 bits per heavy atom. The van der Waals surface area contributed by atoms with Gasteiger partial charge in [0.2, 0.25) is 0 Å². The lowest BCUT2D eigenvalue weighted by Crippen LogP contribution is -2.32. The van der Waals surface area contributed by atoms with Gasteiger partial charge in [-0.15, -0.1) is 5.10 Å². The van der Waals surface area contributed by atoms with Crippen LogP contribution in [-0.4, -0.2) is 52.0 Å². The lowest BCUT2D eigenvalue weighted by molar-refractivity contribution is -0.127. The van der Waals surface area contributed by atoms with E-state index in [0.29, 0.717) is 12.1 Å². The van der Waals surface area contributed by atoms with Crippen LogP contribution in [0.1, 0.15) is 31.1 Å². The molecule has 0 aliphatic carbocycles. The Hall–Kier alpha value is -2.90. The molecule has 1 atom stereocenters. The summed E-state index contributed by atoms with van der Waals surface area (Å²) in [6.07, 6.45) is 2.15. The third-order valence-electron chi connectivity index (χ3n) is 4.37. The second kappa shape index (κ2) is 7.15. The summed E-state index contributed by atoms with van der Waals surface area (Å²) in [4.78, 5) is 28.2. The molecule has 1 aromatic carbocycles. The quantitative estimate of drug-likeness (QED) is 0.795. The highest BCUT2D eigenvalue weighted by Gasteiger charge is 2.38. The van der Waals surface area contributed by atoms with Crippen molar-refractivity contribution in [2.24, 2.45) is 0 Å². The van der Waals surface area contributed by atoms with E-state index in [0.717, 1.165) is 11.3 Å². The number of hydrogen-bond donors (Lipinski definition) is 1. The summed E-state index contributed by atoms with van der Waals surface area (Å²) < 4.78 is 1.74. The summed E-state index contributed by atoms with van der Waals surface area (Å²) in [5.41, 5.74) is 2.62. The van der Waals surface area contributed by atoms with Gasteiger partial charge in [-0.05, 0) is 31.5 Å². The van der Waals surface area contributed by atoms with E-state index in [2.05, 4.69) is 15.6 Å². The molecule has 1 aliphatic heterocycles. The molecule has 138 valence electrons. The number of carbonyl (C=O) groups excluding carboxylic acids is 2. The molecular formula is C18H24N6O2. The first kappa shape index (κ1) is 17.9. The Morgan fingerprint density at radius 3 is 2.69 bits per heavy atom. The van der Waals surface area contributed by atoms with Gasteiger partial charge in [-0.3, -0.25) is 9.69 Å². The van der Waals surface area contributed by atoms with Crippen molar-refractivity contribution >= 4 is 17.6 Å². The van der Waals surface area contributed by atoms with Crippen molar-refractivity contribution in [2.45, 2.75) is 38.9 Å². The highest BCUT2D eigenvalue weighted by atomic mass is 16.2. The van der Waals surface area contributed by atoms with E-state index in [9.17, 15) is 9.59 Å². The lowest BCUT2D eigenvalue weighted by atomic mass is 10.1. The predicted molar refractivity (Wildman–Crippen MR) is 97.7 cm³/mol. The molecule has 1 aliphatic rings. The Kier molecular flexibility index (Phi) is 4.92. The van der Waals surface area contributed by atoms with Crippen LogP contribution in [0.4, 0.5) is 10.5 Å². The monoisotopic (exact) mass is 356 g/mol. The van der Waals surface area contributed by atoms with Gasteiger partial charge in [-0.1, -0.05) is 17.3 Å². The molecule has 8 nitrogen and oxygen atoms in total. The van der Waals surface area contributed by atoms with Crippen molar-refractivity contribution in [3.8, 4) is 0 Å². The van der Waals surface area contributed by atoms with E-state index in [1.165, 1.54) is 4.90 Å². The zero-order valence-electron chi connectivity index (χ0n) is 15.5. The fraction of sp³-hybridized carbons (Fsp3) is 0.444. The first-order valence-corrected chi connectivity index (χ1v) is 8.64. The molecule has 26 heavy (non-hydrogen) atoms. The Bertz CT molecular complexity index is 814. The summed E-state index contributed by atoms with van der Waals surface area (Å²) in [6, 6.07) is 7.02. The molecule has 0 radical (unpaired) electrons. The van der Waals surface area contributed by atoms with Crippen LogP contribution in [0.3, 0.4) is 0 Å². The molecule has 2 heterocycles. The van der Waals surface area contributed by atoms with Crippen LogP contribution >= 0.6 is 0 Å². The minimum atomic E-state index is -0.600. The van der Waals surface area contributed by atoms with Gasteiger partial charge in [-0.25, -0.2) is 9.48 Å². The molecular weight excluding hydrogens is 332 g/mol. The Morgan fingerprint density at radius 2 is 2.04 bits per heavy atom. The fourth-order valence-corrected chi connectivity index (χ4v) is 2.85. The predicted octanol–water partition coefficient (Wildman–Crippen LogP) is 1.59. The molecule has 1 unspecified atom stereocenters. The molecule has 1 aromatic heterocycles. The summed E-state index contributed by atoms with van der Waals surface area (Å²) in [7, 11) is 3.90. The lowest BCUT2D eigenvalue weighted by Gasteiger charge is -2.16. The van der Waals surface area contributed by atoms with Gasteiger partial charge in [0, 0.05) is 38.4 Å². The van der Waals surface area contributed by atoms with Gasteiger partial charge in [-0.2, -0.15) is 0 Å². The zero-order chi connectivity index (χ0) is 18.8. The third-order valence-corrected chi connectivity index (χ3v) is 4.37. The number of benzene rings is 1. The number of nitrogens with zero attached hydrogens (tertiary/aromatic N) is 5. The topological polar surface area (TPSA) is 83.4 Å². The summed E-state index contributed by atoms with van der Waals surface area (Å²) in [5.74, 6) is -0.232. The van der Waals surface area contributed by atoms with E-state index in [1.54, 1.807) is 4.68 Å². The fourth-order valence-electron chi connectivity index (χ4n) is 2.85. The standard InChI is InChI=1S/C18H24N6O2/c1-12(2)24-11-14(20-21-24)9-16-17(25)23(18(26)19-16)10-13-6-5-7-15(8-13)22(3)4/h5-8,11-12,16H,9-10H2,1-4H3,(H,19,26). The van der Waals surface area contributed by atoms with Crippen LogP contribution < -0.4 is 10.2 Å². The number of urea groups is 1. The van der Waals surface area contributed by atoms with Crippen LogP contribution in [-0.2, 0) is 17.8 Å². The molecule has 3 amide bonds. The summed E-state index contributed by atoms with van der Waals surface area (Å²) in [6.45, 7) is 4.26. The Labute approximate surface area is 152 Å². The number of carbonyl (C=O) groups is 2. The first-order valence-electron chi connectivity index (χ1n) is 8.64. The van der Waals surface area contributed by atoms with Crippen molar-refractivity contribution in [1.82, 2.24) is 25.2 Å². The molecule has 3 rings (SSSR count). The number of anilines is 1. The maximum Gasteiger partial charge on any atom is 0.325 e. The summed E-state index contributed by atoms with van der Waals surface area (Å²) in [5, 5.41) is 10.9. The normalized spacial score (nSPS) is 17.1. The molecule has 0 saturated carbocycles. The third kappa shape index (κ3) is 3.68. The number of imide groups is 1. The maximum absolute atomic E-state index is 12.7. The van der Waals surface area contributed by atoms with Gasteiger partial charge in [0.25, 0.3) is 5.91 Å². The van der Waals surface area contributed by atoms with Crippen molar-refractivity contribution < 1.29 is 9.59 Å². The van der Waals surface area contributed by atoms with Crippen molar-refractivity contribution in [3.63, 3.8) is 0 Å². The minimum Gasteiger partial charge on any atom is -0.378 e. The second-order valence-corrected chi connectivity index (χ2v) is 6.98. The maximum atomic E-state index is 12.7. The van der Waals surface area contributed by atoms with Crippen LogP contribution in [0, 0.1) is 0 Å². The number of aromatic nitrogens is 3. The second-order valence-electron chi connectivity index (χ2n) is 6.98. The molecule has 1 N–H and O–H groups in total. The average Bonchev–Trinajstić information content (AvgIpc) is 3.16. The molecule has 0 spiro atoms. The SMILES string of the molecule is CC(C)n1cc(CC2NC(=O)N(Cc3cccc(N(C)C)c3)C2=O)nn1. The number of nitrogens with one attached hydrogen (secondary N) is 1. The van der Waals surface area contributed by atoms with Crippen molar-refractivity contribution in [1.29, 1.82) is 0 Å². The van der Waals surface area contributed by atoms with Gasteiger partial charge in [0.15, 0.2) is 0 Å².